The summed E-state index contributed by atoms with van der Waals surface area (Å²) in [6.45, 7) is 1.70. The third-order valence-corrected chi connectivity index (χ3v) is 4.04. The van der Waals surface area contributed by atoms with Crippen LogP contribution in [0.2, 0.25) is 0 Å². The van der Waals surface area contributed by atoms with Crippen LogP contribution in [0.25, 0.3) is 0 Å². The predicted octanol–water partition coefficient (Wildman–Crippen LogP) is 3.43. The van der Waals surface area contributed by atoms with E-state index in [0.717, 1.165) is 21.0 Å². The molecule has 118 valence electrons. The fourth-order valence-corrected chi connectivity index (χ4v) is 2.67. The molecule has 2 amide bonds. The number of hydrogen-bond donors (Lipinski definition) is 1. The zero-order chi connectivity index (χ0) is 15.9. The van der Waals surface area contributed by atoms with Crippen molar-refractivity contribution in [1.29, 1.82) is 0 Å². The van der Waals surface area contributed by atoms with Gasteiger partial charge in [0.15, 0.2) is 0 Å². The number of halogens is 2. The van der Waals surface area contributed by atoms with E-state index in [9.17, 15) is 13.6 Å². The van der Waals surface area contributed by atoms with E-state index >= 15 is 0 Å². The van der Waals surface area contributed by atoms with E-state index < -0.39 is 19.0 Å². The molecule has 0 aliphatic heterocycles. The molecule has 0 spiro atoms. The summed E-state index contributed by atoms with van der Waals surface area (Å²) in [6, 6.07) is 8.58. The minimum atomic E-state index is -2.57. The highest BCUT2D eigenvalue weighted by molar-refractivity contribution is 7.09. The molecule has 22 heavy (non-hydrogen) atoms. The summed E-state index contributed by atoms with van der Waals surface area (Å²) in [5, 5.41) is 2.68. The van der Waals surface area contributed by atoms with Crippen LogP contribution in [0.1, 0.15) is 16.1 Å². The minimum absolute atomic E-state index is 0.151. The van der Waals surface area contributed by atoms with Crippen LogP contribution in [0.4, 0.5) is 13.6 Å². The van der Waals surface area contributed by atoms with Crippen molar-refractivity contribution in [1.82, 2.24) is 15.2 Å². The number of rotatable bonds is 6. The Balaban J connectivity index is 1.98. The average molecular weight is 325 g/mol. The Hall–Kier alpha value is -2.02. The van der Waals surface area contributed by atoms with E-state index in [4.69, 9.17) is 0 Å². The van der Waals surface area contributed by atoms with Gasteiger partial charge in [-0.25, -0.2) is 18.6 Å². The van der Waals surface area contributed by atoms with Gasteiger partial charge in [0.1, 0.15) is 0 Å². The molecule has 2 rings (SSSR count). The van der Waals surface area contributed by atoms with Crippen molar-refractivity contribution in [3.63, 3.8) is 0 Å². The SMILES string of the molecule is Cc1ncsc1CNC(=O)N(Cc1ccccc1)CC(F)F. The van der Waals surface area contributed by atoms with E-state index in [2.05, 4.69) is 10.3 Å². The smallest absolute Gasteiger partial charge is 0.318 e. The van der Waals surface area contributed by atoms with Crippen molar-refractivity contribution >= 4 is 17.4 Å². The van der Waals surface area contributed by atoms with Gasteiger partial charge in [-0.15, -0.1) is 11.3 Å². The summed E-state index contributed by atoms with van der Waals surface area (Å²) in [6.07, 6.45) is -2.57. The molecule has 0 atom stereocenters. The first-order valence-electron chi connectivity index (χ1n) is 6.80. The lowest BCUT2D eigenvalue weighted by Gasteiger charge is -2.22. The Morgan fingerprint density at radius 3 is 2.68 bits per heavy atom. The van der Waals surface area contributed by atoms with Gasteiger partial charge in [0.25, 0.3) is 6.43 Å². The molecule has 2 aromatic rings. The van der Waals surface area contributed by atoms with Crippen LogP contribution >= 0.6 is 11.3 Å². The molecule has 0 aliphatic carbocycles. The first-order chi connectivity index (χ1) is 10.6. The molecule has 0 saturated heterocycles. The lowest BCUT2D eigenvalue weighted by Crippen LogP contribution is -2.41. The second-order valence-electron chi connectivity index (χ2n) is 4.78. The maximum atomic E-state index is 12.7. The second-order valence-corrected chi connectivity index (χ2v) is 5.72. The second kappa shape index (κ2) is 7.84. The number of thiazole rings is 1. The molecule has 7 heteroatoms. The number of urea groups is 1. The number of aryl methyl sites for hydroxylation is 1. The quantitative estimate of drug-likeness (QED) is 0.884. The minimum Gasteiger partial charge on any atom is -0.333 e. The molecule has 0 aliphatic rings. The Kier molecular flexibility index (Phi) is 5.83. The Morgan fingerprint density at radius 2 is 2.09 bits per heavy atom. The largest absolute Gasteiger partial charge is 0.333 e. The molecule has 4 nitrogen and oxygen atoms in total. The van der Waals surface area contributed by atoms with Crippen molar-refractivity contribution in [2.45, 2.75) is 26.4 Å². The fourth-order valence-electron chi connectivity index (χ4n) is 1.95. The van der Waals surface area contributed by atoms with Gasteiger partial charge in [0, 0.05) is 11.4 Å². The number of alkyl halides is 2. The van der Waals surface area contributed by atoms with Crippen LogP contribution in [0.3, 0.4) is 0 Å². The van der Waals surface area contributed by atoms with Crippen LogP contribution in [-0.2, 0) is 13.1 Å². The third kappa shape index (κ3) is 4.77. The molecular formula is C15H17F2N3OS. The fraction of sp³-hybridized carbons (Fsp3) is 0.333. The molecule has 1 aromatic carbocycles. The third-order valence-electron chi connectivity index (χ3n) is 3.11. The number of amides is 2. The van der Waals surface area contributed by atoms with Crippen molar-refractivity contribution in [3.8, 4) is 0 Å². The number of hydrogen-bond acceptors (Lipinski definition) is 3. The average Bonchev–Trinajstić information content (AvgIpc) is 2.90. The van der Waals surface area contributed by atoms with Gasteiger partial charge in [-0.3, -0.25) is 0 Å². The van der Waals surface area contributed by atoms with Crippen molar-refractivity contribution in [2.24, 2.45) is 0 Å². The van der Waals surface area contributed by atoms with Crippen molar-refractivity contribution < 1.29 is 13.6 Å². The number of carbonyl (C=O) groups excluding carboxylic acids is 1. The highest BCUT2D eigenvalue weighted by Gasteiger charge is 2.18. The van der Waals surface area contributed by atoms with E-state index in [1.165, 1.54) is 11.3 Å². The molecular weight excluding hydrogens is 308 g/mol. The highest BCUT2D eigenvalue weighted by atomic mass is 32.1. The molecule has 1 heterocycles. The summed E-state index contributed by atoms with van der Waals surface area (Å²) in [5.74, 6) is 0. The summed E-state index contributed by atoms with van der Waals surface area (Å²) >= 11 is 1.43. The van der Waals surface area contributed by atoms with Crippen LogP contribution < -0.4 is 5.32 Å². The van der Waals surface area contributed by atoms with Crippen molar-refractivity contribution in [3.05, 3.63) is 52.0 Å². The summed E-state index contributed by atoms with van der Waals surface area (Å²) < 4.78 is 25.4. The molecule has 0 unspecified atom stereocenters. The van der Waals surface area contributed by atoms with Gasteiger partial charge in [0.05, 0.1) is 24.3 Å². The first kappa shape index (κ1) is 16.4. The summed E-state index contributed by atoms with van der Waals surface area (Å²) in [4.78, 5) is 18.3. The van der Waals surface area contributed by atoms with E-state index in [1.807, 2.05) is 25.1 Å². The molecule has 1 N–H and O–H groups in total. The lowest BCUT2D eigenvalue weighted by atomic mass is 10.2. The Morgan fingerprint density at radius 1 is 1.36 bits per heavy atom. The summed E-state index contributed by atoms with van der Waals surface area (Å²) in [7, 11) is 0. The zero-order valence-electron chi connectivity index (χ0n) is 12.1. The van der Waals surface area contributed by atoms with Gasteiger partial charge >= 0.3 is 6.03 Å². The van der Waals surface area contributed by atoms with Crippen LogP contribution in [0, 0.1) is 6.92 Å². The number of nitrogens with one attached hydrogen (secondary N) is 1. The molecule has 0 radical (unpaired) electrons. The van der Waals surface area contributed by atoms with Gasteiger partial charge in [-0.2, -0.15) is 0 Å². The summed E-state index contributed by atoms with van der Waals surface area (Å²) in [5.41, 5.74) is 3.35. The number of carbonyl (C=O) groups is 1. The van der Waals surface area contributed by atoms with Gasteiger partial charge in [-0.1, -0.05) is 30.3 Å². The maximum absolute atomic E-state index is 12.7. The first-order valence-corrected chi connectivity index (χ1v) is 7.68. The van der Waals surface area contributed by atoms with Crippen LogP contribution in [0.15, 0.2) is 35.8 Å². The maximum Gasteiger partial charge on any atom is 0.318 e. The van der Waals surface area contributed by atoms with Gasteiger partial charge < -0.3 is 10.2 Å². The molecule has 0 fully saturated rings. The standard InChI is InChI=1S/C15H17F2N3OS/c1-11-13(22-10-19-11)7-18-15(21)20(9-14(16)17)8-12-5-3-2-4-6-12/h2-6,10,14H,7-9H2,1H3,(H,18,21). The number of benzene rings is 1. The normalized spacial score (nSPS) is 10.7. The zero-order valence-corrected chi connectivity index (χ0v) is 12.9. The lowest BCUT2D eigenvalue weighted by molar-refractivity contribution is 0.0956. The van der Waals surface area contributed by atoms with E-state index in [1.54, 1.807) is 17.6 Å². The van der Waals surface area contributed by atoms with Crippen molar-refractivity contribution in [2.75, 3.05) is 6.54 Å². The molecule has 0 saturated carbocycles. The molecule has 0 bridgehead atoms. The number of nitrogens with zero attached hydrogens (tertiary/aromatic N) is 2. The van der Waals surface area contributed by atoms with Crippen LogP contribution in [0.5, 0.6) is 0 Å². The van der Waals surface area contributed by atoms with E-state index in [-0.39, 0.29) is 6.54 Å². The number of aromatic nitrogens is 1. The Labute approximate surface area is 131 Å². The predicted molar refractivity (Wildman–Crippen MR) is 81.9 cm³/mol. The van der Waals surface area contributed by atoms with Crippen LogP contribution in [-0.4, -0.2) is 28.9 Å². The highest BCUT2D eigenvalue weighted by Crippen LogP contribution is 2.12. The topological polar surface area (TPSA) is 45.2 Å². The van der Waals surface area contributed by atoms with E-state index in [0.29, 0.717) is 6.54 Å². The monoisotopic (exact) mass is 325 g/mol. The van der Waals surface area contributed by atoms with Gasteiger partial charge in [0.2, 0.25) is 0 Å². The Bertz CT molecular complexity index is 604. The molecule has 1 aromatic heterocycles. The van der Waals surface area contributed by atoms with Gasteiger partial charge in [-0.05, 0) is 12.5 Å².